The van der Waals surface area contributed by atoms with Crippen molar-refractivity contribution in [3.05, 3.63) is 65.2 Å². The maximum atomic E-state index is 13.3. The Morgan fingerprint density at radius 2 is 1.88 bits per heavy atom. The summed E-state index contributed by atoms with van der Waals surface area (Å²) in [6.07, 6.45) is 2.39. The van der Waals surface area contributed by atoms with Gasteiger partial charge in [-0.3, -0.25) is 4.79 Å². The molecule has 0 saturated heterocycles. The van der Waals surface area contributed by atoms with Crippen LogP contribution in [0.15, 0.2) is 42.5 Å². The molecule has 1 fully saturated rings. The fraction of sp³-hybridized carbons (Fsp3) is 0.278. The maximum absolute atomic E-state index is 13.3. The van der Waals surface area contributed by atoms with Crippen molar-refractivity contribution in [1.82, 2.24) is 9.88 Å². The molecule has 3 rings (SSSR count). The summed E-state index contributed by atoms with van der Waals surface area (Å²) in [7, 11) is 0. The first-order valence-electron chi connectivity index (χ1n) is 7.80. The van der Waals surface area contributed by atoms with Crippen molar-refractivity contribution in [2.75, 3.05) is 6.54 Å². The number of rotatable bonds is 6. The molecule has 1 saturated carbocycles. The van der Waals surface area contributed by atoms with Crippen LogP contribution in [0.4, 0.5) is 4.39 Å². The SMILES string of the molecule is O=C(O)c1cccc(C(=O)N(CCc2cccc(F)c2)C2CC2)n1. The van der Waals surface area contributed by atoms with Gasteiger partial charge in [-0.25, -0.2) is 14.2 Å². The largest absolute Gasteiger partial charge is 0.477 e. The lowest BCUT2D eigenvalue weighted by Gasteiger charge is -2.22. The van der Waals surface area contributed by atoms with Crippen molar-refractivity contribution >= 4 is 11.9 Å². The van der Waals surface area contributed by atoms with Crippen LogP contribution in [-0.2, 0) is 6.42 Å². The molecule has 1 aromatic heterocycles. The summed E-state index contributed by atoms with van der Waals surface area (Å²) in [6, 6.07) is 10.9. The second-order valence-electron chi connectivity index (χ2n) is 5.82. The van der Waals surface area contributed by atoms with Gasteiger partial charge in [-0.1, -0.05) is 18.2 Å². The van der Waals surface area contributed by atoms with E-state index in [1.54, 1.807) is 11.0 Å². The Morgan fingerprint density at radius 3 is 2.54 bits per heavy atom. The number of carbonyl (C=O) groups excluding carboxylic acids is 1. The maximum Gasteiger partial charge on any atom is 0.354 e. The number of pyridine rings is 1. The van der Waals surface area contributed by atoms with Crippen LogP contribution in [0.1, 0.15) is 39.4 Å². The second kappa shape index (κ2) is 6.78. The molecule has 124 valence electrons. The highest BCUT2D eigenvalue weighted by atomic mass is 19.1. The number of halogens is 1. The molecule has 0 radical (unpaired) electrons. The Bertz CT molecular complexity index is 774. The van der Waals surface area contributed by atoms with E-state index >= 15 is 0 Å². The summed E-state index contributed by atoms with van der Waals surface area (Å²) in [5.41, 5.74) is 0.795. The average Bonchev–Trinajstić information content (AvgIpc) is 3.40. The molecule has 1 aliphatic carbocycles. The molecule has 1 amide bonds. The van der Waals surface area contributed by atoms with Crippen molar-refractivity contribution < 1.29 is 19.1 Å². The minimum atomic E-state index is -1.16. The summed E-state index contributed by atoms with van der Waals surface area (Å²) in [4.78, 5) is 29.3. The van der Waals surface area contributed by atoms with Crippen molar-refractivity contribution in [3.63, 3.8) is 0 Å². The highest BCUT2D eigenvalue weighted by Crippen LogP contribution is 2.28. The molecule has 0 spiro atoms. The fourth-order valence-corrected chi connectivity index (χ4v) is 2.60. The van der Waals surface area contributed by atoms with E-state index in [0.717, 1.165) is 18.4 Å². The summed E-state index contributed by atoms with van der Waals surface area (Å²) in [5, 5.41) is 9.01. The van der Waals surface area contributed by atoms with Crippen LogP contribution < -0.4 is 0 Å². The number of carbonyl (C=O) groups is 2. The van der Waals surface area contributed by atoms with Crippen molar-refractivity contribution in [2.24, 2.45) is 0 Å². The number of hydrogen-bond acceptors (Lipinski definition) is 3. The highest BCUT2D eigenvalue weighted by Gasteiger charge is 2.33. The van der Waals surface area contributed by atoms with Gasteiger partial charge in [0, 0.05) is 12.6 Å². The lowest BCUT2D eigenvalue weighted by molar-refractivity contribution is 0.0689. The predicted octanol–water partition coefficient (Wildman–Crippen LogP) is 2.77. The van der Waals surface area contributed by atoms with E-state index in [1.165, 1.54) is 30.3 Å². The Balaban J connectivity index is 1.74. The number of nitrogens with zero attached hydrogens (tertiary/aromatic N) is 2. The molecule has 0 unspecified atom stereocenters. The average molecular weight is 328 g/mol. The predicted molar refractivity (Wildman–Crippen MR) is 85.4 cm³/mol. The number of aromatic carboxylic acids is 1. The molecule has 0 atom stereocenters. The van der Waals surface area contributed by atoms with Gasteiger partial charge in [0.05, 0.1) is 0 Å². The minimum absolute atomic E-state index is 0.126. The first-order chi connectivity index (χ1) is 11.5. The molecule has 24 heavy (non-hydrogen) atoms. The van der Waals surface area contributed by atoms with Crippen LogP contribution >= 0.6 is 0 Å². The first kappa shape index (κ1) is 16.1. The van der Waals surface area contributed by atoms with Crippen LogP contribution in [0.2, 0.25) is 0 Å². The molecule has 1 N–H and O–H groups in total. The second-order valence-corrected chi connectivity index (χ2v) is 5.82. The minimum Gasteiger partial charge on any atom is -0.477 e. The molecule has 5 nitrogen and oxygen atoms in total. The lowest BCUT2D eigenvalue weighted by Crippen LogP contribution is -2.35. The van der Waals surface area contributed by atoms with Gasteiger partial charge in [-0.15, -0.1) is 0 Å². The number of aromatic nitrogens is 1. The fourth-order valence-electron chi connectivity index (χ4n) is 2.60. The van der Waals surface area contributed by atoms with Gasteiger partial charge in [0.15, 0.2) is 0 Å². The van der Waals surface area contributed by atoms with Gasteiger partial charge >= 0.3 is 5.97 Å². The molecule has 1 heterocycles. The number of carboxylic acids is 1. The van der Waals surface area contributed by atoms with E-state index in [1.807, 2.05) is 6.07 Å². The number of benzene rings is 1. The smallest absolute Gasteiger partial charge is 0.354 e. The summed E-state index contributed by atoms with van der Waals surface area (Å²) in [6.45, 7) is 0.450. The van der Waals surface area contributed by atoms with E-state index in [0.29, 0.717) is 13.0 Å². The zero-order chi connectivity index (χ0) is 17.1. The molecular formula is C18H17FN2O3. The summed E-state index contributed by atoms with van der Waals surface area (Å²) < 4.78 is 13.3. The molecule has 6 heteroatoms. The Kier molecular flexibility index (Phi) is 4.55. The van der Waals surface area contributed by atoms with Crippen LogP contribution in [0.3, 0.4) is 0 Å². The van der Waals surface area contributed by atoms with Crippen LogP contribution in [0.5, 0.6) is 0 Å². The Hall–Kier alpha value is -2.76. The third-order valence-corrected chi connectivity index (χ3v) is 3.97. The van der Waals surface area contributed by atoms with Crippen LogP contribution in [0, 0.1) is 5.82 Å². The summed E-state index contributed by atoms with van der Waals surface area (Å²) in [5.74, 6) is -1.74. The third-order valence-electron chi connectivity index (χ3n) is 3.97. The zero-order valence-corrected chi connectivity index (χ0v) is 13.0. The quantitative estimate of drug-likeness (QED) is 0.885. The standard InChI is InChI=1S/C18H17FN2O3/c19-13-4-1-3-12(11-13)9-10-21(14-7-8-14)17(22)15-5-2-6-16(20-15)18(23)24/h1-6,11,14H,7-10H2,(H,23,24). The van der Waals surface area contributed by atoms with Crippen molar-refractivity contribution in [2.45, 2.75) is 25.3 Å². The van der Waals surface area contributed by atoms with Gasteiger partial charge in [0.1, 0.15) is 17.2 Å². The van der Waals surface area contributed by atoms with E-state index in [-0.39, 0.29) is 29.2 Å². The van der Waals surface area contributed by atoms with Crippen LogP contribution in [-0.4, -0.2) is 39.5 Å². The molecule has 0 aliphatic heterocycles. The van der Waals surface area contributed by atoms with E-state index in [9.17, 15) is 14.0 Å². The molecular weight excluding hydrogens is 311 g/mol. The summed E-state index contributed by atoms with van der Waals surface area (Å²) >= 11 is 0. The molecule has 0 bridgehead atoms. The Labute approximate surface area is 138 Å². The van der Waals surface area contributed by atoms with Gasteiger partial charge in [0.25, 0.3) is 5.91 Å². The van der Waals surface area contributed by atoms with Crippen LogP contribution in [0.25, 0.3) is 0 Å². The Morgan fingerprint density at radius 1 is 1.17 bits per heavy atom. The first-order valence-corrected chi connectivity index (χ1v) is 7.80. The van der Waals surface area contributed by atoms with E-state index in [2.05, 4.69) is 4.98 Å². The zero-order valence-electron chi connectivity index (χ0n) is 13.0. The van der Waals surface area contributed by atoms with Gasteiger partial charge in [-0.05, 0) is 49.1 Å². The highest BCUT2D eigenvalue weighted by molar-refractivity contribution is 5.94. The number of carboxylic acid groups (broad SMARTS) is 1. The van der Waals surface area contributed by atoms with E-state index in [4.69, 9.17) is 5.11 Å². The number of hydrogen-bond donors (Lipinski definition) is 1. The number of amides is 1. The van der Waals surface area contributed by atoms with Gasteiger partial charge in [0.2, 0.25) is 0 Å². The van der Waals surface area contributed by atoms with E-state index < -0.39 is 5.97 Å². The lowest BCUT2D eigenvalue weighted by atomic mass is 10.1. The van der Waals surface area contributed by atoms with Gasteiger partial charge in [-0.2, -0.15) is 0 Å². The topological polar surface area (TPSA) is 70.5 Å². The van der Waals surface area contributed by atoms with Crippen molar-refractivity contribution in [3.8, 4) is 0 Å². The van der Waals surface area contributed by atoms with Crippen molar-refractivity contribution in [1.29, 1.82) is 0 Å². The monoisotopic (exact) mass is 328 g/mol. The normalized spacial score (nSPS) is 13.5. The molecule has 1 aliphatic rings. The molecule has 2 aromatic rings. The van der Waals surface area contributed by atoms with Gasteiger partial charge < -0.3 is 10.0 Å². The third kappa shape index (κ3) is 3.76. The molecule has 1 aromatic carbocycles.